The van der Waals surface area contributed by atoms with Crippen LogP contribution in [0, 0.1) is 0 Å². The summed E-state index contributed by atoms with van der Waals surface area (Å²) in [7, 11) is 0. The molecule has 9 rings (SSSR count). The number of anilines is 3. The quantitative estimate of drug-likeness (QED) is 0.197. The average Bonchev–Trinajstić information content (AvgIpc) is 3.85. The lowest BCUT2D eigenvalue weighted by Crippen LogP contribution is -2.10. The smallest absolute Gasteiger partial charge is 0.234 e. The van der Waals surface area contributed by atoms with E-state index < -0.39 is 0 Å². The molecule has 0 radical (unpaired) electrons. The predicted octanol–water partition coefficient (Wildman–Crippen LogP) is 7.33. The minimum absolute atomic E-state index is 0.0514. The van der Waals surface area contributed by atoms with Gasteiger partial charge in [-0.1, -0.05) is 18.2 Å². The number of phenols is 2. The van der Waals surface area contributed by atoms with Gasteiger partial charge in [-0.25, -0.2) is 15.0 Å². The molecule has 0 bridgehead atoms. The Morgan fingerprint density at radius 2 is 1.17 bits per heavy atom. The first-order chi connectivity index (χ1) is 23.6. The maximum Gasteiger partial charge on any atom is 0.234 e. The van der Waals surface area contributed by atoms with E-state index in [2.05, 4.69) is 25.1 Å². The number of nitrogens with zero attached hydrogens (tertiary/aromatic N) is 9. The van der Waals surface area contributed by atoms with Crippen LogP contribution in [-0.4, -0.2) is 49.0 Å². The highest BCUT2D eigenvalue weighted by atomic mass is 16.3. The molecule has 11 nitrogen and oxygen atoms in total. The normalized spacial score (nSPS) is 11.5. The molecule has 0 aliphatic carbocycles. The van der Waals surface area contributed by atoms with Crippen LogP contribution in [0.5, 0.6) is 11.5 Å². The molecule has 5 heterocycles. The monoisotopic (exact) mass is 627 g/mol. The van der Waals surface area contributed by atoms with E-state index in [0.29, 0.717) is 39.7 Å². The Hall–Kier alpha value is -7.01. The highest BCUT2D eigenvalue weighted by Gasteiger charge is 2.19. The minimum Gasteiger partial charge on any atom is -0.507 e. The van der Waals surface area contributed by atoms with Gasteiger partial charge in [0.25, 0.3) is 0 Å². The van der Waals surface area contributed by atoms with Gasteiger partial charge in [0.05, 0.1) is 17.1 Å². The first kappa shape index (κ1) is 27.3. The van der Waals surface area contributed by atoms with Gasteiger partial charge in [-0.15, -0.1) is 10.2 Å². The van der Waals surface area contributed by atoms with Crippen molar-refractivity contribution in [2.24, 2.45) is 0 Å². The number of rotatable bonds is 6. The number of benzene rings is 4. The third kappa shape index (κ3) is 4.65. The van der Waals surface area contributed by atoms with Crippen LogP contribution >= 0.6 is 0 Å². The summed E-state index contributed by atoms with van der Waals surface area (Å²) >= 11 is 0. The number of pyridine rings is 1. The predicted molar refractivity (Wildman–Crippen MR) is 183 cm³/mol. The standard InChI is InChI=1S/C37H25N9O2/c47-34-20-26(13-15-28(34)32-22-43-18-4-3-8-36(43)39-32)45(24-9-11-25(12-10-24)46-41-30-6-1-2-7-31(30)42-46)27-14-16-29(35(48)21-27)33-23-44-19-5-17-38-37(44)40-33/h1-23,47-48H. The second kappa shape index (κ2) is 10.8. The van der Waals surface area contributed by atoms with E-state index in [1.807, 2.05) is 131 Å². The summed E-state index contributed by atoms with van der Waals surface area (Å²) in [6.07, 6.45) is 9.18. The maximum atomic E-state index is 11.3. The van der Waals surface area contributed by atoms with E-state index in [1.54, 1.807) is 27.5 Å². The second-order valence-corrected chi connectivity index (χ2v) is 11.3. The average molecular weight is 628 g/mol. The number of imidazole rings is 2. The Kier molecular flexibility index (Phi) is 6.15. The van der Waals surface area contributed by atoms with Gasteiger partial charge < -0.3 is 19.5 Å². The highest BCUT2D eigenvalue weighted by molar-refractivity contribution is 5.83. The van der Waals surface area contributed by atoms with Gasteiger partial charge in [-0.2, -0.15) is 4.80 Å². The van der Waals surface area contributed by atoms with Crippen LogP contribution in [0.3, 0.4) is 0 Å². The first-order valence-electron chi connectivity index (χ1n) is 15.2. The van der Waals surface area contributed by atoms with Gasteiger partial charge in [0.15, 0.2) is 0 Å². The number of fused-ring (bicyclic) bond motifs is 3. The van der Waals surface area contributed by atoms with Crippen molar-refractivity contribution in [3.63, 3.8) is 0 Å². The molecular weight excluding hydrogens is 602 g/mol. The van der Waals surface area contributed by atoms with Crippen molar-refractivity contribution in [2.45, 2.75) is 0 Å². The first-order valence-corrected chi connectivity index (χ1v) is 15.2. The van der Waals surface area contributed by atoms with E-state index in [0.717, 1.165) is 28.1 Å². The molecule has 0 atom stereocenters. The third-order valence-electron chi connectivity index (χ3n) is 8.26. The summed E-state index contributed by atoms with van der Waals surface area (Å²) in [5.41, 5.74) is 7.77. The number of hydrogen-bond donors (Lipinski definition) is 2. The fraction of sp³-hybridized carbons (Fsp3) is 0. The van der Waals surface area contributed by atoms with Gasteiger partial charge >= 0.3 is 0 Å². The second-order valence-electron chi connectivity index (χ2n) is 11.3. The van der Waals surface area contributed by atoms with Crippen LogP contribution in [-0.2, 0) is 0 Å². The van der Waals surface area contributed by atoms with Crippen molar-refractivity contribution in [3.8, 4) is 39.7 Å². The van der Waals surface area contributed by atoms with Crippen LogP contribution in [0.4, 0.5) is 17.1 Å². The lowest BCUT2D eigenvalue weighted by molar-refractivity contribution is 0.477. The van der Waals surface area contributed by atoms with Crippen molar-refractivity contribution < 1.29 is 10.2 Å². The summed E-state index contributed by atoms with van der Waals surface area (Å²) in [6.45, 7) is 0. The SMILES string of the molecule is Oc1cc(N(c2ccc(-n3nc4ccccc4n3)cc2)c2ccc(-c3cn4cccnc4n3)c(O)c2)ccc1-c1cn2ccccc2n1. The molecule has 2 N–H and O–H groups in total. The van der Waals surface area contributed by atoms with Crippen molar-refractivity contribution in [3.05, 3.63) is 140 Å². The van der Waals surface area contributed by atoms with Crippen molar-refractivity contribution in [1.82, 2.24) is 38.7 Å². The minimum atomic E-state index is 0.0514. The zero-order valence-corrected chi connectivity index (χ0v) is 25.2. The molecule has 0 aliphatic rings. The molecule has 11 heteroatoms. The summed E-state index contributed by atoms with van der Waals surface area (Å²) < 4.78 is 3.72. The Labute approximate surface area is 272 Å². The number of hydrogen-bond acceptors (Lipinski definition) is 8. The molecule has 0 fully saturated rings. The molecule has 0 saturated carbocycles. The maximum absolute atomic E-state index is 11.3. The summed E-state index contributed by atoms with van der Waals surface area (Å²) in [6, 6.07) is 34.0. The Morgan fingerprint density at radius 1 is 0.562 bits per heavy atom. The number of aromatic nitrogens is 8. The van der Waals surface area contributed by atoms with E-state index in [-0.39, 0.29) is 11.5 Å². The summed E-state index contributed by atoms with van der Waals surface area (Å²) in [5, 5.41) is 31.9. The van der Waals surface area contributed by atoms with Crippen LogP contribution in [0.25, 0.3) is 50.7 Å². The van der Waals surface area contributed by atoms with Gasteiger partial charge in [-0.05, 0) is 78.9 Å². The Morgan fingerprint density at radius 3 is 1.81 bits per heavy atom. The van der Waals surface area contributed by atoms with Gasteiger partial charge in [-0.3, -0.25) is 4.40 Å². The molecule has 230 valence electrons. The Balaban J connectivity index is 1.13. The van der Waals surface area contributed by atoms with E-state index in [4.69, 9.17) is 0 Å². The van der Waals surface area contributed by atoms with Crippen molar-refractivity contribution in [1.29, 1.82) is 0 Å². The Bertz CT molecular complexity index is 2400. The number of phenolic OH excluding ortho intramolecular Hbond substituents is 2. The summed E-state index contributed by atoms with van der Waals surface area (Å²) in [4.78, 5) is 17.1. The van der Waals surface area contributed by atoms with Gasteiger partial charge in [0.1, 0.15) is 28.2 Å². The van der Waals surface area contributed by atoms with Crippen LogP contribution < -0.4 is 4.90 Å². The van der Waals surface area contributed by atoms with Crippen molar-refractivity contribution >= 4 is 39.5 Å². The largest absolute Gasteiger partial charge is 0.507 e. The van der Waals surface area contributed by atoms with E-state index in [1.165, 1.54) is 0 Å². The molecule has 0 spiro atoms. The molecule has 0 unspecified atom stereocenters. The molecule has 5 aromatic heterocycles. The van der Waals surface area contributed by atoms with Crippen LogP contribution in [0.2, 0.25) is 0 Å². The molecule has 0 aliphatic heterocycles. The molecule has 0 saturated heterocycles. The fourth-order valence-corrected chi connectivity index (χ4v) is 5.93. The lowest BCUT2D eigenvalue weighted by Gasteiger charge is -2.26. The lowest BCUT2D eigenvalue weighted by atomic mass is 10.1. The third-order valence-corrected chi connectivity index (χ3v) is 8.26. The van der Waals surface area contributed by atoms with Gasteiger partial charge in [0.2, 0.25) is 5.78 Å². The van der Waals surface area contributed by atoms with E-state index in [9.17, 15) is 10.2 Å². The molecule has 4 aromatic carbocycles. The van der Waals surface area contributed by atoms with Gasteiger partial charge in [0, 0.05) is 71.3 Å². The number of aromatic hydroxyl groups is 2. The zero-order chi connectivity index (χ0) is 32.2. The fourth-order valence-electron chi connectivity index (χ4n) is 5.93. The van der Waals surface area contributed by atoms with Crippen LogP contribution in [0.15, 0.2) is 140 Å². The summed E-state index contributed by atoms with van der Waals surface area (Å²) in [5.74, 6) is 0.664. The highest BCUT2D eigenvalue weighted by Crippen LogP contribution is 2.42. The topological polar surface area (TPSA) is 122 Å². The zero-order valence-electron chi connectivity index (χ0n) is 25.2. The van der Waals surface area contributed by atoms with Crippen molar-refractivity contribution in [2.75, 3.05) is 4.90 Å². The molecule has 0 amide bonds. The molecule has 9 aromatic rings. The molecule has 48 heavy (non-hydrogen) atoms. The van der Waals surface area contributed by atoms with E-state index >= 15 is 0 Å². The van der Waals surface area contributed by atoms with Crippen LogP contribution in [0.1, 0.15) is 0 Å². The molecular formula is C37H25N9O2.